The van der Waals surface area contributed by atoms with Gasteiger partial charge in [-0.2, -0.15) is 0 Å². The van der Waals surface area contributed by atoms with Crippen LogP contribution in [0.15, 0.2) is 58.4 Å². The van der Waals surface area contributed by atoms with Crippen molar-refractivity contribution in [2.45, 2.75) is 55.2 Å². The highest BCUT2D eigenvalue weighted by atomic mass is 32.2. The molecule has 1 aromatic heterocycles. The number of ether oxygens (including phenoxy) is 1. The van der Waals surface area contributed by atoms with E-state index >= 15 is 0 Å². The largest absolute Gasteiger partial charge is 0.497 e. The van der Waals surface area contributed by atoms with Gasteiger partial charge >= 0.3 is 4.87 Å². The Morgan fingerprint density at radius 1 is 1.00 bits per heavy atom. The van der Waals surface area contributed by atoms with Crippen molar-refractivity contribution >= 4 is 46.5 Å². The lowest BCUT2D eigenvalue weighted by atomic mass is 9.68. The standard InChI is InChI=1S/C33H35N3O5S2/c1-33(2,3)17-7-5-16(6-8-17)23-24-20-15-21(27(24)42-29-28(23)43-32(40)35-29)26-25(20)30(38)36(31(26)39)14-13-22(37)34-18-9-11-19(41-4)12-10-18/h5-12,20-21,23-27H,13-15H2,1-4H3,(H,34,37)(H,35,40). The van der Waals surface area contributed by atoms with Gasteiger partial charge in [-0.05, 0) is 65.0 Å². The number of hydrogen-bond acceptors (Lipinski definition) is 7. The second kappa shape index (κ2) is 10.4. The average molecular weight is 618 g/mol. The SMILES string of the molecule is COc1ccc(NC(=O)CCN2C(=O)C3C4CC(C3C2=O)C2C(c3ccc(C(C)(C)C)cc3)c3sc(=O)[nH]c3SC42)cc1. The Kier molecular flexibility index (Phi) is 6.85. The summed E-state index contributed by atoms with van der Waals surface area (Å²) in [5, 5.41) is 3.90. The Labute approximate surface area is 258 Å². The molecular weight excluding hydrogens is 583 g/mol. The topological polar surface area (TPSA) is 109 Å². The van der Waals surface area contributed by atoms with Gasteiger partial charge in [0.1, 0.15) is 5.75 Å². The normalized spacial score (nSPS) is 28.9. The number of rotatable bonds is 6. The van der Waals surface area contributed by atoms with Crippen molar-refractivity contribution in [3.63, 3.8) is 0 Å². The molecule has 3 heterocycles. The van der Waals surface area contributed by atoms with Crippen LogP contribution in [0.1, 0.15) is 55.5 Å². The lowest BCUT2D eigenvalue weighted by Crippen LogP contribution is -2.42. The van der Waals surface area contributed by atoms with Crippen molar-refractivity contribution in [2.24, 2.45) is 29.6 Å². The Bertz CT molecular complexity index is 1660. The molecule has 2 aromatic carbocycles. The van der Waals surface area contributed by atoms with E-state index in [4.69, 9.17) is 4.74 Å². The zero-order valence-corrected chi connectivity index (χ0v) is 26.2. The van der Waals surface area contributed by atoms with E-state index < -0.39 is 0 Å². The van der Waals surface area contributed by atoms with Gasteiger partial charge in [-0.15, -0.1) is 11.8 Å². The minimum Gasteiger partial charge on any atom is -0.497 e. The summed E-state index contributed by atoms with van der Waals surface area (Å²) in [5.41, 5.74) is 3.07. The van der Waals surface area contributed by atoms with Crippen molar-refractivity contribution in [1.29, 1.82) is 0 Å². The van der Waals surface area contributed by atoms with E-state index in [0.717, 1.165) is 21.9 Å². The van der Waals surface area contributed by atoms with Gasteiger partial charge in [0.25, 0.3) is 0 Å². The third-order valence-electron chi connectivity index (χ3n) is 9.89. The number of hydrogen-bond donors (Lipinski definition) is 2. The summed E-state index contributed by atoms with van der Waals surface area (Å²) in [6.45, 7) is 6.66. The van der Waals surface area contributed by atoms with Gasteiger partial charge in [0.05, 0.1) is 24.0 Å². The number of aromatic amines is 1. The average Bonchev–Trinajstić information content (AvgIpc) is 3.71. The molecule has 3 aromatic rings. The number of fused-ring (bicyclic) bond motifs is 9. The van der Waals surface area contributed by atoms with E-state index in [1.165, 1.54) is 21.8 Å². The van der Waals surface area contributed by atoms with Crippen LogP contribution >= 0.6 is 23.1 Å². The molecule has 224 valence electrons. The number of amides is 3. The van der Waals surface area contributed by atoms with Crippen LogP contribution in [-0.2, 0) is 19.8 Å². The lowest BCUT2D eigenvalue weighted by molar-refractivity contribution is -0.141. The van der Waals surface area contributed by atoms with Crippen LogP contribution in [0.5, 0.6) is 5.75 Å². The summed E-state index contributed by atoms with van der Waals surface area (Å²) in [4.78, 5) is 58.2. The molecule has 10 heteroatoms. The maximum Gasteiger partial charge on any atom is 0.305 e. The van der Waals surface area contributed by atoms with E-state index in [1.807, 2.05) is 0 Å². The van der Waals surface area contributed by atoms with Gasteiger partial charge in [0.15, 0.2) is 0 Å². The van der Waals surface area contributed by atoms with Crippen molar-refractivity contribution in [3.05, 3.63) is 74.2 Å². The number of carbonyl (C=O) groups is 3. The summed E-state index contributed by atoms with van der Waals surface area (Å²) in [6, 6.07) is 15.8. The molecule has 2 aliphatic heterocycles. The number of methoxy groups -OCH3 is 1. The first-order valence-electron chi connectivity index (χ1n) is 14.8. The smallest absolute Gasteiger partial charge is 0.305 e. The number of nitrogens with zero attached hydrogens (tertiary/aromatic N) is 1. The lowest BCUT2D eigenvalue weighted by Gasteiger charge is -2.43. The predicted molar refractivity (Wildman–Crippen MR) is 167 cm³/mol. The molecular formula is C33H35N3O5S2. The van der Waals surface area contributed by atoms with Crippen LogP contribution in [0.4, 0.5) is 5.69 Å². The van der Waals surface area contributed by atoms with Gasteiger partial charge in [0.2, 0.25) is 17.7 Å². The number of thioether (sulfide) groups is 1. The second-order valence-corrected chi connectivity index (χ2v) is 15.4. The summed E-state index contributed by atoms with van der Waals surface area (Å²) in [7, 11) is 1.58. The molecule has 2 bridgehead atoms. The first-order valence-corrected chi connectivity index (χ1v) is 16.5. The fourth-order valence-electron chi connectivity index (χ4n) is 7.97. The quantitative estimate of drug-likeness (QED) is 0.366. The third kappa shape index (κ3) is 4.65. The molecule has 7 atom stereocenters. The maximum atomic E-state index is 13.9. The van der Waals surface area contributed by atoms with Gasteiger partial charge < -0.3 is 15.0 Å². The molecule has 1 saturated heterocycles. The number of H-pyrrole nitrogens is 1. The first kappa shape index (κ1) is 28.4. The van der Waals surface area contributed by atoms with Crippen molar-refractivity contribution in [2.75, 3.05) is 19.0 Å². The number of likely N-dealkylation sites (tertiary alicyclic amines) is 1. The monoisotopic (exact) mass is 617 g/mol. The van der Waals surface area contributed by atoms with Crippen LogP contribution in [0.25, 0.3) is 0 Å². The zero-order valence-electron chi connectivity index (χ0n) is 24.6. The van der Waals surface area contributed by atoms with Crippen LogP contribution in [0.3, 0.4) is 0 Å². The Hall–Kier alpha value is -3.37. The highest BCUT2D eigenvalue weighted by Gasteiger charge is 2.69. The fraction of sp³-hybridized carbons (Fsp3) is 0.455. The molecule has 8 nitrogen and oxygen atoms in total. The van der Waals surface area contributed by atoms with E-state index in [2.05, 4.69) is 55.3 Å². The minimum absolute atomic E-state index is 0.00222. The van der Waals surface area contributed by atoms with Crippen molar-refractivity contribution < 1.29 is 19.1 Å². The molecule has 7 rings (SSSR count). The molecule has 2 aliphatic carbocycles. The van der Waals surface area contributed by atoms with Crippen molar-refractivity contribution in [3.8, 4) is 5.75 Å². The Balaban J connectivity index is 1.13. The van der Waals surface area contributed by atoms with E-state index in [1.54, 1.807) is 43.1 Å². The first-order chi connectivity index (χ1) is 20.5. The van der Waals surface area contributed by atoms with Gasteiger partial charge in [-0.3, -0.25) is 24.1 Å². The predicted octanol–water partition coefficient (Wildman–Crippen LogP) is 5.24. The number of thiazole rings is 1. The van der Waals surface area contributed by atoms with Gasteiger partial charge in [-0.25, -0.2) is 0 Å². The number of nitrogens with one attached hydrogen (secondary N) is 2. The third-order valence-corrected chi connectivity index (χ3v) is 12.5. The fourth-order valence-corrected chi connectivity index (χ4v) is 10.9. The molecule has 43 heavy (non-hydrogen) atoms. The van der Waals surface area contributed by atoms with Crippen LogP contribution in [-0.4, -0.2) is 46.5 Å². The zero-order chi connectivity index (χ0) is 30.2. The van der Waals surface area contributed by atoms with Crippen LogP contribution < -0.4 is 14.9 Å². The summed E-state index contributed by atoms with van der Waals surface area (Å²) < 4.78 is 5.16. The van der Waals surface area contributed by atoms with E-state index in [0.29, 0.717) is 11.4 Å². The molecule has 4 aliphatic rings. The molecule has 3 fully saturated rings. The molecule has 0 radical (unpaired) electrons. The number of anilines is 1. The van der Waals surface area contributed by atoms with Crippen LogP contribution in [0.2, 0.25) is 0 Å². The van der Waals surface area contributed by atoms with Gasteiger partial charge in [0, 0.05) is 34.7 Å². The molecule has 7 unspecified atom stereocenters. The van der Waals surface area contributed by atoms with E-state index in [9.17, 15) is 19.2 Å². The maximum absolute atomic E-state index is 13.9. The molecule has 2 saturated carbocycles. The molecule has 2 N–H and O–H groups in total. The van der Waals surface area contributed by atoms with Crippen LogP contribution in [0, 0.1) is 29.6 Å². The highest BCUT2D eigenvalue weighted by molar-refractivity contribution is 8.00. The van der Waals surface area contributed by atoms with E-state index in [-0.39, 0.29) is 81.7 Å². The summed E-state index contributed by atoms with van der Waals surface area (Å²) in [5.74, 6) is -0.281. The highest BCUT2D eigenvalue weighted by Crippen LogP contribution is 2.68. The second-order valence-electron chi connectivity index (χ2n) is 13.2. The molecule has 0 spiro atoms. The number of benzene rings is 2. The molecule has 3 amide bonds. The van der Waals surface area contributed by atoms with Gasteiger partial charge in [-0.1, -0.05) is 56.4 Å². The summed E-state index contributed by atoms with van der Waals surface area (Å²) >= 11 is 2.97. The number of carbonyl (C=O) groups excluding carboxylic acids is 3. The number of aromatic nitrogens is 1. The Morgan fingerprint density at radius 3 is 2.33 bits per heavy atom. The number of imide groups is 1. The summed E-state index contributed by atoms with van der Waals surface area (Å²) in [6.07, 6.45) is 0.887. The Morgan fingerprint density at radius 2 is 1.67 bits per heavy atom. The minimum atomic E-state index is -0.363. The van der Waals surface area contributed by atoms with Crippen molar-refractivity contribution in [1.82, 2.24) is 9.88 Å².